The Morgan fingerprint density at radius 1 is 1.53 bits per heavy atom. The van der Waals surface area contributed by atoms with Crippen LogP contribution in [0.15, 0.2) is 18.3 Å². The van der Waals surface area contributed by atoms with E-state index in [1.165, 1.54) is 25.7 Å². The molecule has 0 saturated heterocycles. The summed E-state index contributed by atoms with van der Waals surface area (Å²) in [6.07, 6.45) is 7.88. The number of aromatic nitrogens is 1. The Kier molecular flexibility index (Phi) is 2.58. The Morgan fingerprint density at radius 2 is 2.41 bits per heavy atom. The third-order valence-electron chi connectivity index (χ3n) is 4.59. The molecule has 3 rings (SSSR count). The molecular formula is C14H20N2O. The monoisotopic (exact) mass is 232 g/mol. The lowest BCUT2D eigenvalue weighted by molar-refractivity contribution is 0.265. The van der Waals surface area contributed by atoms with E-state index >= 15 is 0 Å². The number of hydrogen-bond acceptors (Lipinski definition) is 3. The third-order valence-corrected chi connectivity index (χ3v) is 4.59. The van der Waals surface area contributed by atoms with Crippen molar-refractivity contribution in [1.82, 2.24) is 4.98 Å². The molecule has 2 bridgehead atoms. The van der Waals surface area contributed by atoms with Gasteiger partial charge in [0.05, 0.1) is 7.11 Å². The number of hydrogen-bond donors (Lipinski definition) is 1. The van der Waals surface area contributed by atoms with Crippen LogP contribution >= 0.6 is 0 Å². The highest BCUT2D eigenvalue weighted by molar-refractivity contribution is 5.28. The second kappa shape index (κ2) is 3.98. The summed E-state index contributed by atoms with van der Waals surface area (Å²) in [4.78, 5) is 4.25. The van der Waals surface area contributed by atoms with Crippen molar-refractivity contribution >= 4 is 0 Å². The molecule has 2 N–H and O–H groups in total. The lowest BCUT2D eigenvalue weighted by Gasteiger charge is -2.34. The van der Waals surface area contributed by atoms with Gasteiger partial charge in [-0.15, -0.1) is 0 Å². The van der Waals surface area contributed by atoms with E-state index in [2.05, 4.69) is 11.1 Å². The van der Waals surface area contributed by atoms with Crippen LogP contribution in [0.2, 0.25) is 0 Å². The highest BCUT2D eigenvalue weighted by Gasteiger charge is 2.48. The van der Waals surface area contributed by atoms with Crippen LogP contribution in [0.1, 0.15) is 31.2 Å². The number of nitrogens with two attached hydrogens (primary N) is 1. The van der Waals surface area contributed by atoms with Gasteiger partial charge in [0.25, 0.3) is 0 Å². The van der Waals surface area contributed by atoms with Crippen LogP contribution in [0, 0.1) is 11.8 Å². The molecule has 0 radical (unpaired) electrons. The summed E-state index contributed by atoms with van der Waals surface area (Å²) in [6, 6.07) is 4.06. The minimum atomic E-state index is -0.0147. The SMILES string of the molecule is COc1ncccc1CC1(N)CC2CCC1C2. The van der Waals surface area contributed by atoms with E-state index in [4.69, 9.17) is 10.5 Å². The van der Waals surface area contributed by atoms with Crippen molar-refractivity contribution < 1.29 is 4.74 Å². The fourth-order valence-corrected chi connectivity index (χ4v) is 3.80. The molecule has 17 heavy (non-hydrogen) atoms. The molecule has 2 aliphatic rings. The third kappa shape index (κ3) is 1.82. The lowest BCUT2D eigenvalue weighted by atomic mass is 9.78. The maximum atomic E-state index is 6.62. The number of methoxy groups -OCH3 is 1. The van der Waals surface area contributed by atoms with Gasteiger partial charge in [-0.05, 0) is 43.6 Å². The Morgan fingerprint density at radius 3 is 3.06 bits per heavy atom. The van der Waals surface area contributed by atoms with Gasteiger partial charge in [-0.2, -0.15) is 0 Å². The number of ether oxygens (including phenoxy) is 1. The smallest absolute Gasteiger partial charge is 0.216 e. The number of rotatable bonds is 3. The molecule has 3 atom stereocenters. The van der Waals surface area contributed by atoms with Crippen LogP contribution in [-0.4, -0.2) is 17.6 Å². The summed E-state index contributed by atoms with van der Waals surface area (Å²) in [7, 11) is 1.68. The van der Waals surface area contributed by atoms with E-state index in [-0.39, 0.29) is 5.54 Å². The van der Waals surface area contributed by atoms with E-state index in [0.29, 0.717) is 5.92 Å². The lowest BCUT2D eigenvalue weighted by Crippen LogP contribution is -2.47. The molecular weight excluding hydrogens is 212 g/mol. The Balaban J connectivity index is 1.83. The zero-order chi connectivity index (χ0) is 11.9. The fraction of sp³-hybridized carbons (Fsp3) is 0.643. The predicted molar refractivity (Wildman–Crippen MR) is 66.9 cm³/mol. The van der Waals surface area contributed by atoms with Crippen molar-refractivity contribution in [3.63, 3.8) is 0 Å². The first-order valence-corrected chi connectivity index (χ1v) is 6.48. The summed E-state index contributed by atoms with van der Waals surface area (Å²) in [5.41, 5.74) is 7.76. The number of nitrogens with zero attached hydrogens (tertiary/aromatic N) is 1. The topological polar surface area (TPSA) is 48.1 Å². The molecule has 0 spiro atoms. The van der Waals surface area contributed by atoms with Gasteiger partial charge in [-0.3, -0.25) is 0 Å². The summed E-state index contributed by atoms with van der Waals surface area (Å²) in [6.45, 7) is 0. The molecule has 3 heteroatoms. The molecule has 1 aromatic heterocycles. The maximum absolute atomic E-state index is 6.62. The van der Waals surface area contributed by atoms with Crippen molar-refractivity contribution in [3.8, 4) is 5.88 Å². The molecule has 2 aliphatic carbocycles. The van der Waals surface area contributed by atoms with Crippen molar-refractivity contribution in [3.05, 3.63) is 23.9 Å². The van der Waals surface area contributed by atoms with Crippen molar-refractivity contribution in [2.75, 3.05) is 7.11 Å². The quantitative estimate of drug-likeness (QED) is 0.868. The van der Waals surface area contributed by atoms with Gasteiger partial charge in [0, 0.05) is 17.3 Å². The van der Waals surface area contributed by atoms with E-state index in [0.717, 1.165) is 23.8 Å². The molecule has 2 fully saturated rings. The van der Waals surface area contributed by atoms with Gasteiger partial charge >= 0.3 is 0 Å². The van der Waals surface area contributed by atoms with E-state index in [1.54, 1.807) is 13.3 Å². The Hall–Kier alpha value is -1.09. The average molecular weight is 232 g/mol. The normalized spacial score (nSPS) is 35.2. The molecule has 0 amide bonds. The highest BCUT2D eigenvalue weighted by atomic mass is 16.5. The van der Waals surface area contributed by atoms with Gasteiger partial charge in [-0.25, -0.2) is 4.98 Å². The standard InChI is InChI=1S/C14H20N2O/c1-17-13-11(3-2-6-16-13)9-14(15)8-10-4-5-12(14)7-10/h2-3,6,10,12H,4-5,7-9,15H2,1H3. The first-order chi connectivity index (χ1) is 8.21. The average Bonchev–Trinajstić information content (AvgIpc) is 2.89. The van der Waals surface area contributed by atoms with Crippen molar-refractivity contribution in [2.24, 2.45) is 17.6 Å². The summed E-state index contributed by atoms with van der Waals surface area (Å²) in [5.74, 6) is 2.31. The first-order valence-electron chi connectivity index (χ1n) is 6.48. The van der Waals surface area contributed by atoms with Gasteiger partial charge in [0.2, 0.25) is 5.88 Å². The summed E-state index contributed by atoms with van der Waals surface area (Å²) in [5, 5.41) is 0. The molecule has 3 nitrogen and oxygen atoms in total. The van der Waals surface area contributed by atoms with Crippen LogP contribution in [-0.2, 0) is 6.42 Å². The molecule has 3 unspecified atom stereocenters. The zero-order valence-corrected chi connectivity index (χ0v) is 10.4. The van der Waals surface area contributed by atoms with E-state index in [1.807, 2.05) is 6.07 Å². The summed E-state index contributed by atoms with van der Waals surface area (Å²) < 4.78 is 5.31. The van der Waals surface area contributed by atoms with Gasteiger partial charge in [0.1, 0.15) is 0 Å². The van der Waals surface area contributed by atoms with Crippen LogP contribution in [0.25, 0.3) is 0 Å². The van der Waals surface area contributed by atoms with Crippen LogP contribution < -0.4 is 10.5 Å². The minimum Gasteiger partial charge on any atom is -0.481 e. The van der Waals surface area contributed by atoms with Crippen LogP contribution in [0.5, 0.6) is 5.88 Å². The van der Waals surface area contributed by atoms with Gasteiger partial charge < -0.3 is 10.5 Å². The molecule has 2 saturated carbocycles. The fourth-order valence-electron chi connectivity index (χ4n) is 3.80. The van der Waals surface area contributed by atoms with Gasteiger partial charge in [-0.1, -0.05) is 12.5 Å². The Bertz CT molecular complexity index is 420. The summed E-state index contributed by atoms with van der Waals surface area (Å²) >= 11 is 0. The molecule has 92 valence electrons. The maximum Gasteiger partial charge on any atom is 0.216 e. The predicted octanol–water partition coefficient (Wildman–Crippen LogP) is 2.15. The largest absolute Gasteiger partial charge is 0.481 e. The first kappa shape index (κ1) is 11.0. The molecule has 0 aromatic carbocycles. The zero-order valence-electron chi connectivity index (χ0n) is 10.4. The highest BCUT2D eigenvalue weighted by Crippen LogP contribution is 2.50. The number of pyridine rings is 1. The number of fused-ring (bicyclic) bond motifs is 2. The van der Waals surface area contributed by atoms with Crippen LogP contribution in [0.4, 0.5) is 0 Å². The van der Waals surface area contributed by atoms with Crippen LogP contribution in [0.3, 0.4) is 0 Å². The van der Waals surface area contributed by atoms with Crippen molar-refractivity contribution in [2.45, 2.75) is 37.6 Å². The van der Waals surface area contributed by atoms with Crippen molar-refractivity contribution in [1.29, 1.82) is 0 Å². The molecule has 1 heterocycles. The van der Waals surface area contributed by atoms with E-state index < -0.39 is 0 Å². The second-order valence-electron chi connectivity index (χ2n) is 5.66. The Labute approximate surface area is 102 Å². The molecule has 1 aromatic rings. The van der Waals surface area contributed by atoms with E-state index in [9.17, 15) is 0 Å². The second-order valence-corrected chi connectivity index (χ2v) is 5.66. The molecule has 0 aliphatic heterocycles. The van der Waals surface area contributed by atoms with Gasteiger partial charge in [0.15, 0.2) is 0 Å². The minimum absolute atomic E-state index is 0.0147.